The highest BCUT2D eigenvalue weighted by Gasteiger charge is 2.21. The lowest BCUT2D eigenvalue weighted by Gasteiger charge is -2.32. The van der Waals surface area contributed by atoms with Crippen molar-refractivity contribution in [3.05, 3.63) is 29.8 Å². The molecule has 1 fully saturated rings. The van der Waals surface area contributed by atoms with Crippen molar-refractivity contribution >= 4 is 24.0 Å². The smallest absolute Gasteiger partial charge is 0.253 e. The number of nitrogens with one attached hydrogen (secondary N) is 1. The average Bonchev–Trinajstić information content (AvgIpc) is 2.48. The number of hydrogen-bond acceptors (Lipinski definition) is 3. The van der Waals surface area contributed by atoms with Gasteiger partial charge in [0.1, 0.15) is 0 Å². The van der Waals surface area contributed by atoms with Crippen LogP contribution in [0.5, 0.6) is 0 Å². The second-order valence-electron chi connectivity index (χ2n) is 5.33. The van der Waals surface area contributed by atoms with Gasteiger partial charge < -0.3 is 15.1 Å². The van der Waals surface area contributed by atoms with Gasteiger partial charge in [0.05, 0.1) is 0 Å². The van der Waals surface area contributed by atoms with Crippen LogP contribution in [0.4, 0.5) is 5.69 Å². The van der Waals surface area contributed by atoms with Crippen LogP contribution < -0.4 is 10.2 Å². The normalized spacial score (nSPS) is 18.0. The maximum absolute atomic E-state index is 12.5. The molecule has 0 radical (unpaired) electrons. The van der Waals surface area contributed by atoms with Crippen molar-refractivity contribution in [1.29, 1.82) is 0 Å². The summed E-state index contributed by atoms with van der Waals surface area (Å²) >= 11 is 0. The molecule has 1 heterocycles. The van der Waals surface area contributed by atoms with Gasteiger partial charge in [-0.15, -0.1) is 12.4 Å². The van der Waals surface area contributed by atoms with Crippen LogP contribution in [0.1, 0.15) is 31.1 Å². The van der Waals surface area contributed by atoms with Crippen LogP contribution in [-0.4, -0.2) is 49.6 Å². The first-order valence-corrected chi connectivity index (χ1v) is 7.53. The number of piperazine rings is 1. The Morgan fingerprint density at radius 2 is 1.90 bits per heavy atom. The maximum Gasteiger partial charge on any atom is 0.253 e. The van der Waals surface area contributed by atoms with Crippen molar-refractivity contribution < 1.29 is 4.79 Å². The van der Waals surface area contributed by atoms with E-state index >= 15 is 0 Å². The van der Waals surface area contributed by atoms with Gasteiger partial charge in [0.2, 0.25) is 0 Å². The highest BCUT2D eigenvalue weighted by atomic mass is 35.5. The largest absolute Gasteiger partial charge is 0.372 e. The molecule has 1 aromatic carbocycles. The molecule has 0 spiro atoms. The zero-order valence-electron chi connectivity index (χ0n) is 13.1. The van der Waals surface area contributed by atoms with Crippen molar-refractivity contribution in [3.8, 4) is 0 Å². The summed E-state index contributed by atoms with van der Waals surface area (Å²) in [5.41, 5.74) is 1.97. The van der Waals surface area contributed by atoms with E-state index in [0.29, 0.717) is 6.04 Å². The number of amides is 1. The van der Waals surface area contributed by atoms with E-state index in [2.05, 4.69) is 31.0 Å². The van der Waals surface area contributed by atoms with Gasteiger partial charge in [0.15, 0.2) is 0 Å². The van der Waals surface area contributed by atoms with Gasteiger partial charge in [0.25, 0.3) is 5.91 Å². The molecule has 1 aliphatic heterocycles. The fourth-order valence-electron chi connectivity index (χ4n) is 2.70. The molecule has 1 amide bonds. The summed E-state index contributed by atoms with van der Waals surface area (Å²) in [5.74, 6) is 0.143. The number of nitrogens with zero attached hydrogens (tertiary/aromatic N) is 2. The number of carbonyl (C=O) groups is 1. The molecule has 1 N–H and O–H groups in total. The van der Waals surface area contributed by atoms with Gasteiger partial charge in [-0.1, -0.05) is 0 Å². The SMILES string of the molecule is CCN(CC)c1ccc(C(=O)N2CCN[C@H](C)C2)cc1.Cl. The second-order valence-corrected chi connectivity index (χ2v) is 5.33. The van der Waals surface area contributed by atoms with E-state index in [4.69, 9.17) is 0 Å². The zero-order valence-corrected chi connectivity index (χ0v) is 13.9. The van der Waals surface area contributed by atoms with E-state index < -0.39 is 0 Å². The lowest BCUT2D eigenvalue weighted by Crippen LogP contribution is -2.51. The Morgan fingerprint density at radius 1 is 1.29 bits per heavy atom. The molecule has 1 aliphatic rings. The third-order valence-electron chi connectivity index (χ3n) is 3.90. The predicted octanol–water partition coefficient (Wildman–Crippen LogP) is 2.39. The zero-order chi connectivity index (χ0) is 14.5. The fourth-order valence-corrected chi connectivity index (χ4v) is 2.70. The molecule has 0 saturated carbocycles. The first kappa shape index (κ1) is 17.8. The van der Waals surface area contributed by atoms with Gasteiger partial charge in [-0.3, -0.25) is 4.79 Å². The molecule has 0 bridgehead atoms. The molecule has 0 aliphatic carbocycles. The average molecular weight is 312 g/mol. The number of hydrogen-bond donors (Lipinski definition) is 1. The van der Waals surface area contributed by atoms with Crippen LogP contribution in [0, 0.1) is 0 Å². The van der Waals surface area contributed by atoms with Crippen LogP contribution in [0.25, 0.3) is 0 Å². The fraction of sp³-hybridized carbons (Fsp3) is 0.562. The van der Waals surface area contributed by atoms with Crippen molar-refractivity contribution in [2.45, 2.75) is 26.8 Å². The topological polar surface area (TPSA) is 35.6 Å². The standard InChI is InChI=1S/C16H25N3O.ClH/c1-4-18(5-2)15-8-6-14(7-9-15)16(20)19-11-10-17-13(3)12-19;/h6-9,13,17H,4-5,10-12H2,1-3H3;1H/t13-;/m1./s1. The van der Waals surface area contributed by atoms with E-state index in [1.807, 2.05) is 29.2 Å². The van der Waals surface area contributed by atoms with E-state index in [-0.39, 0.29) is 18.3 Å². The Labute approximate surface area is 133 Å². The quantitative estimate of drug-likeness (QED) is 0.927. The minimum atomic E-state index is 0. The Hall–Kier alpha value is -1.26. The predicted molar refractivity (Wildman–Crippen MR) is 90.6 cm³/mol. The van der Waals surface area contributed by atoms with Crippen molar-refractivity contribution in [2.24, 2.45) is 0 Å². The maximum atomic E-state index is 12.5. The molecule has 1 atom stereocenters. The highest BCUT2D eigenvalue weighted by Crippen LogP contribution is 2.16. The summed E-state index contributed by atoms with van der Waals surface area (Å²) in [6.45, 7) is 10.8. The monoisotopic (exact) mass is 311 g/mol. The molecule has 5 heteroatoms. The van der Waals surface area contributed by atoms with Crippen LogP contribution in [-0.2, 0) is 0 Å². The first-order chi connectivity index (χ1) is 9.65. The summed E-state index contributed by atoms with van der Waals surface area (Å²) < 4.78 is 0. The molecule has 0 aromatic heterocycles. The summed E-state index contributed by atoms with van der Waals surface area (Å²) in [5, 5.41) is 3.36. The summed E-state index contributed by atoms with van der Waals surface area (Å²) in [6, 6.07) is 8.37. The van der Waals surface area contributed by atoms with Crippen LogP contribution in [0.15, 0.2) is 24.3 Å². The molecule has 1 saturated heterocycles. The first-order valence-electron chi connectivity index (χ1n) is 7.53. The van der Waals surface area contributed by atoms with Gasteiger partial charge in [0, 0.05) is 50.0 Å². The lowest BCUT2D eigenvalue weighted by atomic mass is 10.1. The Balaban J connectivity index is 0.00000220. The van der Waals surface area contributed by atoms with Gasteiger partial charge in [-0.2, -0.15) is 0 Å². The highest BCUT2D eigenvalue weighted by molar-refractivity contribution is 5.94. The lowest BCUT2D eigenvalue weighted by molar-refractivity contribution is 0.0709. The molecule has 2 rings (SSSR count). The molecular formula is C16H26ClN3O. The summed E-state index contributed by atoms with van der Waals surface area (Å²) in [7, 11) is 0. The van der Waals surface area contributed by atoms with Gasteiger partial charge in [-0.05, 0) is 45.0 Å². The third kappa shape index (κ3) is 4.35. The van der Waals surface area contributed by atoms with Crippen LogP contribution >= 0.6 is 12.4 Å². The van der Waals surface area contributed by atoms with E-state index in [1.165, 1.54) is 5.69 Å². The Morgan fingerprint density at radius 3 is 2.43 bits per heavy atom. The van der Waals surface area contributed by atoms with Crippen molar-refractivity contribution in [1.82, 2.24) is 10.2 Å². The second kappa shape index (κ2) is 8.25. The van der Waals surface area contributed by atoms with Crippen LogP contribution in [0.3, 0.4) is 0 Å². The number of anilines is 1. The third-order valence-corrected chi connectivity index (χ3v) is 3.90. The minimum Gasteiger partial charge on any atom is -0.372 e. The molecule has 4 nitrogen and oxygen atoms in total. The summed E-state index contributed by atoms with van der Waals surface area (Å²) in [4.78, 5) is 16.7. The van der Waals surface area contributed by atoms with E-state index in [0.717, 1.165) is 38.3 Å². The van der Waals surface area contributed by atoms with E-state index in [1.54, 1.807) is 0 Å². The van der Waals surface area contributed by atoms with Crippen molar-refractivity contribution in [3.63, 3.8) is 0 Å². The van der Waals surface area contributed by atoms with Crippen molar-refractivity contribution in [2.75, 3.05) is 37.6 Å². The number of halogens is 1. The Bertz CT molecular complexity index is 445. The molecule has 21 heavy (non-hydrogen) atoms. The number of benzene rings is 1. The van der Waals surface area contributed by atoms with Gasteiger partial charge >= 0.3 is 0 Å². The number of carbonyl (C=O) groups excluding carboxylic acids is 1. The minimum absolute atomic E-state index is 0. The Kier molecular flexibility index (Phi) is 6.99. The molecule has 0 unspecified atom stereocenters. The molecule has 118 valence electrons. The van der Waals surface area contributed by atoms with Gasteiger partial charge in [-0.25, -0.2) is 0 Å². The molecule has 1 aromatic rings. The summed E-state index contributed by atoms with van der Waals surface area (Å²) in [6.07, 6.45) is 0. The number of rotatable bonds is 4. The van der Waals surface area contributed by atoms with E-state index in [9.17, 15) is 4.79 Å². The molecular weight excluding hydrogens is 286 g/mol. The van der Waals surface area contributed by atoms with Crippen LogP contribution in [0.2, 0.25) is 0 Å².